The molecule has 5 nitrogen and oxygen atoms in total. The Balaban J connectivity index is 1.76. The summed E-state index contributed by atoms with van der Waals surface area (Å²) in [5.41, 5.74) is -1.17. The third-order valence-electron chi connectivity index (χ3n) is 4.91. The lowest BCUT2D eigenvalue weighted by molar-refractivity contribution is -0.142. The van der Waals surface area contributed by atoms with E-state index in [2.05, 4.69) is 38.3 Å². The standard InChI is InChI=1S/C14H18BrF3N4O/c1-21-8-3-4-9(21)6-7(5-8)19-13(23)11-10(15)12(14(16,17)18)20-22(11)2/h7-9H,3-6H2,1-2H3,(H,19,23). The Morgan fingerprint density at radius 1 is 1.26 bits per heavy atom. The zero-order chi connectivity index (χ0) is 16.9. The number of halogens is 4. The Kier molecular flexibility index (Phi) is 4.20. The van der Waals surface area contributed by atoms with Gasteiger partial charge in [0.15, 0.2) is 5.69 Å². The third-order valence-corrected chi connectivity index (χ3v) is 5.66. The number of amides is 1. The lowest BCUT2D eigenvalue weighted by Crippen LogP contribution is -2.49. The third kappa shape index (κ3) is 3.00. The largest absolute Gasteiger partial charge is 0.436 e. The number of nitrogens with zero attached hydrogens (tertiary/aromatic N) is 3. The second kappa shape index (κ2) is 5.77. The second-order valence-corrected chi connectivity index (χ2v) is 7.12. The molecule has 1 amide bonds. The van der Waals surface area contributed by atoms with Gasteiger partial charge in [-0.05, 0) is 48.7 Å². The molecule has 2 aliphatic heterocycles. The molecule has 0 saturated carbocycles. The fraction of sp³-hybridized carbons (Fsp3) is 0.714. The lowest BCUT2D eigenvalue weighted by Gasteiger charge is -2.36. The van der Waals surface area contributed by atoms with Crippen molar-refractivity contribution >= 4 is 21.8 Å². The smallest absolute Gasteiger partial charge is 0.348 e. The van der Waals surface area contributed by atoms with Crippen molar-refractivity contribution < 1.29 is 18.0 Å². The maximum Gasteiger partial charge on any atom is 0.436 e. The molecular weight excluding hydrogens is 377 g/mol. The Morgan fingerprint density at radius 2 is 1.83 bits per heavy atom. The average molecular weight is 395 g/mol. The number of nitrogens with one attached hydrogen (secondary N) is 1. The molecule has 3 rings (SSSR count). The van der Waals surface area contributed by atoms with Crippen molar-refractivity contribution in [2.45, 2.75) is 50.0 Å². The van der Waals surface area contributed by atoms with E-state index in [1.54, 1.807) is 0 Å². The number of carbonyl (C=O) groups is 1. The molecule has 2 atom stereocenters. The van der Waals surface area contributed by atoms with Crippen molar-refractivity contribution in [2.75, 3.05) is 7.05 Å². The van der Waals surface area contributed by atoms with Crippen LogP contribution in [0.1, 0.15) is 41.9 Å². The van der Waals surface area contributed by atoms with Crippen LogP contribution in [0.4, 0.5) is 13.2 Å². The van der Waals surface area contributed by atoms with Gasteiger partial charge in [0.2, 0.25) is 0 Å². The predicted molar refractivity (Wildman–Crippen MR) is 81.0 cm³/mol. The summed E-state index contributed by atoms with van der Waals surface area (Å²) < 4.78 is 39.3. The molecule has 23 heavy (non-hydrogen) atoms. The minimum atomic E-state index is -4.60. The topological polar surface area (TPSA) is 50.2 Å². The van der Waals surface area contributed by atoms with E-state index in [0.717, 1.165) is 30.4 Å². The average Bonchev–Trinajstić information content (AvgIpc) is 2.82. The molecule has 9 heteroatoms. The number of alkyl halides is 3. The van der Waals surface area contributed by atoms with Crippen LogP contribution in [0, 0.1) is 0 Å². The minimum absolute atomic E-state index is 0.00710. The summed E-state index contributed by atoms with van der Waals surface area (Å²) in [4.78, 5) is 14.8. The molecule has 128 valence electrons. The van der Waals surface area contributed by atoms with Gasteiger partial charge in [-0.2, -0.15) is 18.3 Å². The summed E-state index contributed by atoms with van der Waals surface area (Å²) >= 11 is 2.88. The summed E-state index contributed by atoms with van der Waals surface area (Å²) in [5, 5.41) is 6.30. The van der Waals surface area contributed by atoms with Gasteiger partial charge in [-0.1, -0.05) is 0 Å². The first-order valence-electron chi connectivity index (χ1n) is 7.51. The second-order valence-electron chi connectivity index (χ2n) is 6.32. The Hall–Kier alpha value is -1.09. The molecule has 0 radical (unpaired) electrons. The van der Waals surface area contributed by atoms with Gasteiger partial charge in [-0.25, -0.2) is 0 Å². The first kappa shape index (κ1) is 16.8. The Labute approximate surface area is 140 Å². The van der Waals surface area contributed by atoms with Gasteiger partial charge in [-0.15, -0.1) is 0 Å². The van der Waals surface area contributed by atoms with E-state index in [0.29, 0.717) is 12.1 Å². The SMILES string of the molecule is CN1C2CCC1CC(NC(=O)c1c(Br)c(C(F)(F)F)nn1C)C2. The van der Waals surface area contributed by atoms with Gasteiger partial charge >= 0.3 is 6.18 Å². The summed E-state index contributed by atoms with van der Waals surface area (Å²) in [6.45, 7) is 0. The Bertz CT molecular complexity index is 616. The molecule has 0 aromatic carbocycles. The number of hydrogen-bond acceptors (Lipinski definition) is 3. The highest BCUT2D eigenvalue weighted by Crippen LogP contribution is 2.36. The predicted octanol–water partition coefficient (Wildman–Crippen LogP) is 2.56. The van der Waals surface area contributed by atoms with E-state index in [1.165, 1.54) is 7.05 Å². The van der Waals surface area contributed by atoms with Crippen molar-refractivity contribution in [3.63, 3.8) is 0 Å². The highest BCUT2D eigenvalue weighted by Gasteiger charge is 2.41. The number of carbonyl (C=O) groups excluding carboxylic acids is 1. The van der Waals surface area contributed by atoms with Crippen LogP contribution in [0.25, 0.3) is 0 Å². The number of aromatic nitrogens is 2. The lowest BCUT2D eigenvalue weighted by atomic mass is 9.98. The van der Waals surface area contributed by atoms with E-state index in [4.69, 9.17) is 0 Å². The van der Waals surface area contributed by atoms with Crippen LogP contribution >= 0.6 is 15.9 Å². The van der Waals surface area contributed by atoms with Crippen LogP contribution in [0.2, 0.25) is 0 Å². The Morgan fingerprint density at radius 3 is 2.30 bits per heavy atom. The number of aryl methyl sites for hydroxylation is 1. The zero-order valence-electron chi connectivity index (χ0n) is 12.8. The molecule has 0 aliphatic carbocycles. The van der Waals surface area contributed by atoms with Crippen LogP contribution in [0.3, 0.4) is 0 Å². The molecule has 1 N–H and O–H groups in total. The highest BCUT2D eigenvalue weighted by molar-refractivity contribution is 9.10. The molecule has 2 bridgehead atoms. The summed E-state index contributed by atoms with van der Waals surface area (Å²) in [7, 11) is 3.43. The maximum absolute atomic E-state index is 12.9. The quantitative estimate of drug-likeness (QED) is 0.838. The first-order chi connectivity index (χ1) is 10.7. The monoisotopic (exact) mass is 394 g/mol. The van der Waals surface area contributed by atoms with Crippen LogP contribution in [0.15, 0.2) is 4.47 Å². The van der Waals surface area contributed by atoms with Crippen LogP contribution in [-0.4, -0.2) is 45.8 Å². The first-order valence-corrected chi connectivity index (χ1v) is 8.30. The molecule has 3 heterocycles. The molecule has 0 spiro atoms. The highest BCUT2D eigenvalue weighted by atomic mass is 79.9. The summed E-state index contributed by atoms with van der Waals surface area (Å²) in [6, 6.07) is 0.881. The van der Waals surface area contributed by atoms with Gasteiger partial charge in [0.05, 0.1) is 4.47 Å². The molecule has 1 aromatic heterocycles. The minimum Gasteiger partial charge on any atom is -0.348 e. The van der Waals surface area contributed by atoms with E-state index in [9.17, 15) is 18.0 Å². The number of piperidine rings is 1. The fourth-order valence-corrected chi connectivity index (χ4v) is 4.45. The van der Waals surface area contributed by atoms with Crippen molar-refractivity contribution in [1.82, 2.24) is 20.0 Å². The van der Waals surface area contributed by atoms with Crippen LogP contribution < -0.4 is 5.32 Å². The molecule has 2 aliphatic rings. The molecule has 2 saturated heterocycles. The van der Waals surface area contributed by atoms with Crippen LogP contribution in [-0.2, 0) is 13.2 Å². The number of fused-ring (bicyclic) bond motifs is 2. The van der Waals surface area contributed by atoms with Gasteiger partial charge in [-0.3, -0.25) is 9.48 Å². The van der Waals surface area contributed by atoms with Crippen LogP contribution in [0.5, 0.6) is 0 Å². The van der Waals surface area contributed by atoms with Crippen molar-refractivity contribution in [2.24, 2.45) is 7.05 Å². The van der Waals surface area contributed by atoms with Gasteiger partial charge in [0.1, 0.15) is 5.69 Å². The fourth-order valence-electron chi connectivity index (χ4n) is 3.71. The van der Waals surface area contributed by atoms with E-state index in [1.807, 2.05) is 0 Å². The number of hydrogen-bond donors (Lipinski definition) is 1. The van der Waals surface area contributed by atoms with E-state index < -0.39 is 17.8 Å². The van der Waals surface area contributed by atoms with E-state index >= 15 is 0 Å². The van der Waals surface area contributed by atoms with Gasteiger partial charge in [0, 0.05) is 25.2 Å². The molecule has 2 fully saturated rings. The maximum atomic E-state index is 12.9. The van der Waals surface area contributed by atoms with E-state index in [-0.39, 0.29) is 16.2 Å². The van der Waals surface area contributed by atoms with Crippen molar-refractivity contribution in [3.8, 4) is 0 Å². The summed E-state index contributed by atoms with van der Waals surface area (Å²) in [6.07, 6.45) is -0.704. The molecular formula is C14H18BrF3N4O. The van der Waals surface area contributed by atoms with Gasteiger partial charge < -0.3 is 10.2 Å². The van der Waals surface area contributed by atoms with Crippen molar-refractivity contribution in [3.05, 3.63) is 15.9 Å². The normalized spacial score (nSPS) is 28.2. The zero-order valence-corrected chi connectivity index (χ0v) is 14.4. The summed E-state index contributed by atoms with van der Waals surface area (Å²) in [5.74, 6) is -0.517. The van der Waals surface area contributed by atoms with Crippen molar-refractivity contribution in [1.29, 1.82) is 0 Å². The molecule has 2 unspecified atom stereocenters. The molecule has 1 aromatic rings. The number of rotatable bonds is 2. The van der Waals surface area contributed by atoms with Gasteiger partial charge in [0.25, 0.3) is 5.91 Å².